The fraction of sp³-hybridized carbons (Fsp3) is 0.429. The molecule has 1 heterocycles. The lowest BCUT2D eigenvalue weighted by Gasteiger charge is -2.17. The van der Waals surface area contributed by atoms with E-state index in [1.54, 1.807) is 12.1 Å². The van der Waals surface area contributed by atoms with E-state index in [4.69, 9.17) is 4.74 Å². The van der Waals surface area contributed by atoms with E-state index < -0.39 is 6.04 Å². The van der Waals surface area contributed by atoms with Gasteiger partial charge in [0.2, 0.25) is 11.8 Å². The summed E-state index contributed by atoms with van der Waals surface area (Å²) in [5, 5.41) is 5.46. The number of amides is 2. The minimum atomic E-state index is -0.464. The average Bonchev–Trinajstić information content (AvgIpc) is 2.79. The average molecular weight is 341 g/mol. The van der Waals surface area contributed by atoms with E-state index in [0.717, 1.165) is 4.47 Å². The Morgan fingerprint density at radius 1 is 1.50 bits per heavy atom. The molecule has 6 heteroatoms. The smallest absolute Gasteiger partial charge is 0.247 e. The van der Waals surface area contributed by atoms with Crippen LogP contribution in [0.25, 0.3) is 0 Å². The van der Waals surface area contributed by atoms with Crippen LogP contribution >= 0.6 is 15.9 Å². The lowest BCUT2D eigenvalue weighted by molar-refractivity contribution is -0.122. The highest BCUT2D eigenvalue weighted by molar-refractivity contribution is 9.10. The van der Waals surface area contributed by atoms with Gasteiger partial charge in [-0.05, 0) is 38.5 Å². The van der Waals surface area contributed by atoms with Gasteiger partial charge in [-0.25, -0.2) is 0 Å². The van der Waals surface area contributed by atoms with Crippen LogP contribution in [0.3, 0.4) is 0 Å². The zero-order valence-corrected chi connectivity index (χ0v) is 13.0. The molecule has 20 heavy (non-hydrogen) atoms. The number of ether oxygens (including phenoxy) is 1. The molecule has 1 saturated heterocycles. The minimum absolute atomic E-state index is 0.0120. The molecule has 108 valence electrons. The lowest BCUT2D eigenvalue weighted by Crippen LogP contribution is -2.37. The minimum Gasteiger partial charge on any atom is -0.489 e. The maximum atomic E-state index is 12.1. The van der Waals surface area contributed by atoms with Crippen LogP contribution in [0.1, 0.15) is 26.7 Å². The Kier molecular flexibility index (Phi) is 4.65. The normalized spacial score (nSPS) is 18.0. The van der Waals surface area contributed by atoms with Crippen LogP contribution in [-0.2, 0) is 9.59 Å². The molecule has 0 radical (unpaired) electrons. The van der Waals surface area contributed by atoms with Gasteiger partial charge >= 0.3 is 0 Å². The number of anilines is 1. The first kappa shape index (κ1) is 14.8. The second-order valence-corrected chi connectivity index (χ2v) is 5.87. The van der Waals surface area contributed by atoms with Crippen molar-refractivity contribution in [3.63, 3.8) is 0 Å². The van der Waals surface area contributed by atoms with Gasteiger partial charge in [-0.3, -0.25) is 9.59 Å². The van der Waals surface area contributed by atoms with E-state index in [9.17, 15) is 9.59 Å². The zero-order chi connectivity index (χ0) is 14.7. The monoisotopic (exact) mass is 340 g/mol. The Balaban J connectivity index is 2.13. The molecule has 5 nitrogen and oxygen atoms in total. The summed E-state index contributed by atoms with van der Waals surface area (Å²) in [5.41, 5.74) is 0.597. The molecule has 1 atom stereocenters. The summed E-state index contributed by atoms with van der Waals surface area (Å²) >= 11 is 3.37. The summed E-state index contributed by atoms with van der Waals surface area (Å²) in [5.74, 6) is 0.307. The van der Waals surface area contributed by atoms with Gasteiger partial charge in [-0.15, -0.1) is 0 Å². The van der Waals surface area contributed by atoms with Crippen LogP contribution in [0.15, 0.2) is 22.7 Å². The molecule has 0 bridgehead atoms. The van der Waals surface area contributed by atoms with Crippen LogP contribution < -0.4 is 15.4 Å². The van der Waals surface area contributed by atoms with Gasteiger partial charge in [-0.1, -0.05) is 15.9 Å². The van der Waals surface area contributed by atoms with Gasteiger partial charge in [-0.2, -0.15) is 0 Å². The fourth-order valence-electron chi connectivity index (χ4n) is 1.99. The number of hydrogen-bond acceptors (Lipinski definition) is 3. The van der Waals surface area contributed by atoms with Gasteiger partial charge in [0.15, 0.2) is 0 Å². The summed E-state index contributed by atoms with van der Waals surface area (Å²) in [6, 6.07) is 4.97. The number of nitrogens with one attached hydrogen (secondary N) is 2. The highest BCUT2D eigenvalue weighted by Crippen LogP contribution is 2.29. The molecule has 2 rings (SSSR count). The third-order valence-corrected chi connectivity index (χ3v) is 3.37. The van der Waals surface area contributed by atoms with Crippen LogP contribution in [-0.4, -0.2) is 24.0 Å². The summed E-state index contributed by atoms with van der Waals surface area (Å²) in [6.45, 7) is 3.84. The van der Waals surface area contributed by atoms with Crippen molar-refractivity contribution in [2.75, 3.05) is 5.32 Å². The first-order valence-electron chi connectivity index (χ1n) is 6.52. The van der Waals surface area contributed by atoms with E-state index in [1.807, 2.05) is 19.9 Å². The van der Waals surface area contributed by atoms with Crippen LogP contribution in [0.4, 0.5) is 5.69 Å². The van der Waals surface area contributed by atoms with Gasteiger partial charge < -0.3 is 15.4 Å². The van der Waals surface area contributed by atoms with Crippen molar-refractivity contribution in [2.24, 2.45) is 0 Å². The van der Waals surface area contributed by atoms with Crippen molar-refractivity contribution in [2.45, 2.75) is 38.8 Å². The van der Waals surface area contributed by atoms with Crippen molar-refractivity contribution in [3.05, 3.63) is 22.7 Å². The molecule has 1 aliphatic heterocycles. The molecule has 2 N–H and O–H groups in total. The highest BCUT2D eigenvalue weighted by Gasteiger charge is 2.27. The number of benzene rings is 1. The van der Waals surface area contributed by atoms with Crippen LogP contribution in [0, 0.1) is 0 Å². The number of rotatable bonds is 4. The zero-order valence-electron chi connectivity index (χ0n) is 11.4. The summed E-state index contributed by atoms with van der Waals surface area (Å²) < 4.78 is 6.51. The number of carbonyl (C=O) groups excluding carboxylic acids is 2. The molecule has 0 aliphatic carbocycles. The Labute approximate surface area is 126 Å². The topological polar surface area (TPSA) is 67.4 Å². The first-order chi connectivity index (χ1) is 9.45. The quantitative estimate of drug-likeness (QED) is 0.884. The molecular weight excluding hydrogens is 324 g/mol. The summed E-state index contributed by atoms with van der Waals surface area (Å²) in [6.07, 6.45) is 0.934. The third kappa shape index (κ3) is 3.72. The Morgan fingerprint density at radius 3 is 2.85 bits per heavy atom. The molecule has 1 aromatic carbocycles. The molecular formula is C14H17BrN2O3. The number of halogens is 1. The van der Waals surface area contributed by atoms with E-state index >= 15 is 0 Å². The molecule has 1 aromatic rings. The second kappa shape index (κ2) is 6.26. The molecule has 1 aliphatic rings. The fourth-order valence-corrected chi connectivity index (χ4v) is 2.35. The van der Waals surface area contributed by atoms with Crippen LogP contribution in [0.2, 0.25) is 0 Å². The number of carbonyl (C=O) groups is 2. The highest BCUT2D eigenvalue weighted by atomic mass is 79.9. The van der Waals surface area contributed by atoms with Gasteiger partial charge in [0.1, 0.15) is 11.8 Å². The predicted octanol–water partition coefficient (Wildman–Crippen LogP) is 2.45. The summed E-state index contributed by atoms with van der Waals surface area (Å²) in [4.78, 5) is 23.3. The van der Waals surface area contributed by atoms with Crippen molar-refractivity contribution in [1.29, 1.82) is 0 Å². The largest absolute Gasteiger partial charge is 0.489 e. The standard InChI is InChI=1S/C14H17BrN2O3/c1-8(2)20-12-5-3-9(15)7-11(12)17-14(19)10-4-6-13(18)16-10/h3,5,7-8,10H,4,6H2,1-2H3,(H,16,18)(H,17,19)/t10-/m1/s1. The predicted molar refractivity (Wildman–Crippen MR) is 79.7 cm³/mol. The van der Waals surface area contributed by atoms with Gasteiger partial charge in [0, 0.05) is 10.9 Å². The van der Waals surface area contributed by atoms with Crippen LogP contribution in [0.5, 0.6) is 5.75 Å². The van der Waals surface area contributed by atoms with Crippen molar-refractivity contribution in [3.8, 4) is 5.75 Å². The third-order valence-electron chi connectivity index (χ3n) is 2.87. The maximum Gasteiger partial charge on any atom is 0.247 e. The molecule has 2 amide bonds. The first-order valence-corrected chi connectivity index (χ1v) is 7.31. The van der Waals surface area contributed by atoms with E-state index in [0.29, 0.717) is 24.3 Å². The number of hydrogen-bond donors (Lipinski definition) is 2. The molecule has 0 spiro atoms. The van der Waals surface area contributed by atoms with Gasteiger partial charge in [0.05, 0.1) is 11.8 Å². The van der Waals surface area contributed by atoms with E-state index in [2.05, 4.69) is 26.6 Å². The Bertz CT molecular complexity index is 531. The molecule has 0 unspecified atom stereocenters. The van der Waals surface area contributed by atoms with Crippen molar-refractivity contribution >= 4 is 33.4 Å². The SMILES string of the molecule is CC(C)Oc1ccc(Br)cc1NC(=O)[C@H]1CCC(=O)N1. The van der Waals surface area contributed by atoms with Crippen molar-refractivity contribution < 1.29 is 14.3 Å². The molecule has 1 fully saturated rings. The molecule has 0 saturated carbocycles. The Morgan fingerprint density at radius 2 is 2.25 bits per heavy atom. The second-order valence-electron chi connectivity index (χ2n) is 4.96. The lowest BCUT2D eigenvalue weighted by atomic mass is 10.2. The van der Waals surface area contributed by atoms with E-state index in [-0.39, 0.29) is 17.9 Å². The van der Waals surface area contributed by atoms with E-state index in [1.165, 1.54) is 0 Å². The molecule has 0 aromatic heterocycles. The maximum absolute atomic E-state index is 12.1. The summed E-state index contributed by atoms with van der Waals surface area (Å²) in [7, 11) is 0. The Hall–Kier alpha value is -1.56. The van der Waals surface area contributed by atoms with Crippen molar-refractivity contribution in [1.82, 2.24) is 5.32 Å². The van der Waals surface area contributed by atoms with Gasteiger partial charge in [0.25, 0.3) is 0 Å².